The normalized spacial score (nSPS) is 19.8. The Morgan fingerprint density at radius 2 is 2.38 bits per heavy atom. The summed E-state index contributed by atoms with van der Waals surface area (Å²) in [5.41, 5.74) is 6.13. The van der Waals surface area contributed by atoms with Crippen molar-refractivity contribution in [1.82, 2.24) is 0 Å². The monoisotopic (exact) mass is 295 g/mol. The fourth-order valence-corrected chi connectivity index (χ4v) is 2.43. The molecule has 0 bridgehead atoms. The summed E-state index contributed by atoms with van der Waals surface area (Å²) in [6.07, 6.45) is 1.70. The first-order valence-corrected chi connectivity index (χ1v) is 7.01. The lowest BCUT2D eigenvalue weighted by atomic mass is 9.97. The number of ether oxygens (including phenoxy) is 3. The van der Waals surface area contributed by atoms with E-state index < -0.39 is 11.9 Å². The van der Waals surface area contributed by atoms with Gasteiger partial charge in [-0.05, 0) is 18.9 Å². The van der Waals surface area contributed by atoms with Crippen LogP contribution in [0.15, 0.2) is 18.2 Å². The molecule has 0 spiro atoms. The fourth-order valence-electron chi connectivity index (χ4n) is 2.43. The highest BCUT2D eigenvalue weighted by molar-refractivity contribution is 5.78. The van der Waals surface area contributed by atoms with E-state index in [0.717, 1.165) is 19.4 Å². The molecule has 21 heavy (non-hydrogen) atoms. The second-order valence-corrected chi connectivity index (χ2v) is 4.96. The van der Waals surface area contributed by atoms with Crippen molar-refractivity contribution >= 4 is 5.97 Å². The number of methoxy groups -OCH3 is 1. The SMILES string of the molecule is COc1cccc(C(CN)C(=O)O)c1OC1CCCOC1. The highest BCUT2D eigenvalue weighted by atomic mass is 16.5. The predicted molar refractivity (Wildman–Crippen MR) is 76.9 cm³/mol. The molecule has 1 aromatic carbocycles. The quantitative estimate of drug-likeness (QED) is 0.824. The Bertz CT molecular complexity index is 485. The van der Waals surface area contributed by atoms with E-state index in [1.165, 1.54) is 7.11 Å². The first-order chi connectivity index (χ1) is 10.2. The lowest BCUT2D eigenvalue weighted by molar-refractivity contribution is -0.138. The maximum absolute atomic E-state index is 11.4. The van der Waals surface area contributed by atoms with Crippen LogP contribution in [0.4, 0.5) is 0 Å². The minimum absolute atomic E-state index is 0.0000274. The van der Waals surface area contributed by atoms with Crippen LogP contribution in [-0.4, -0.2) is 44.0 Å². The number of hydrogen-bond acceptors (Lipinski definition) is 5. The lowest BCUT2D eigenvalue weighted by Crippen LogP contribution is -2.29. The Labute approximate surface area is 123 Å². The van der Waals surface area contributed by atoms with Crippen LogP contribution >= 0.6 is 0 Å². The lowest BCUT2D eigenvalue weighted by Gasteiger charge is -2.26. The third kappa shape index (κ3) is 3.65. The zero-order valence-electron chi connectivity index (χ0n) is 12.1. The number of para-hydroxylation sites is 1. The summed E-state index contributed by atoms with van der Waals surface area (Å²) in [4.78, 5) is 11.4. The van der Waals surface area contributed by atoms with Gasteiger partial charge in [-0.1, -0.05) is 12.1 Å². The molecule has 1 aliphatic rings. The van der Waals surface area contributed by atoms with Crippen molar-refractivity contribution in [3.05, 3.63) is 23.8 Å². The number of aliphatic carboxylic acids is 1. The number of carboxylic acids is 1. The molecule has 1 fully saturated rings. The second kappa shape index (κ2) is 7.28. The van der Waals surface area contributed by atoms with Gasteiger partial charge < -0.3 is 25.1 Å². The largest absolute Gasteiger partial charge is 0.493 e. The van der Waals surface area contributed by atoms with E-state index in [1.54, 1.807) is 18.2 Å². The maximum Gasteiger partial charge on any atom is 0.312 e. The summed E-state index contributed by atoms with van der Waals surface area (Å²) in [6.45, 7) is 1.23. The number of hydrogen-bond donors (Lipinski definition) is 2. The van der Waals surface area contributed by atoms with Gasteiger partial charge in [-0.15, -0.1) is 0 Å². The topological polar surface area (TPSA) is 91.0 Å². The van der Waals surface area contributed by atoms with Crippen LogP contribution in [0.25, 0.3) is 0 Å². The highest BCUT2D eigenvalue weighted by Crippen LogP contribution is 2.37. The molecule has 1 aromatic rings. The van der Waals surface area contributed by atoms with Gasteiger partial charge in [0, 0.05) is 18.7 Å². The average molecular weight is 295 g/mol. The zero-order chi connectivity index (χ0) is 15.2. The minimum Gasteiger partial charge on any atom is -0.493 e. The number of carbonyl (C=O) groups is 1. The first-order valence-electron chi connectivity index (χ1n) is 7.01. The van der Waals surface area contributed by atoms with Gasteiger partial charge in [-0.3, -0.25) is 4.79 Å². The molecule has 0 aromatic heterocycles. The minimum atomic E-state index is -0.976. The Balaban J connectivity index is 2.33. The molecule has 0 aliphatic carbocycles. The summed E-state index contributed by atoms with van der Waals surface area (Å²) < 4.78 is 16.7. The fraction of sp³-hybridized carbons (Fsp3) is 0.533. The third-order valence-electron chi connectivity index (χ3n) is 3.54. The molecule has 2 rings (SSSR count). The zero-order valence-corrected chi connectivity index (χ0v) is 12.1. The van der Waals surface area contributed by atoms with Crippen LogP contribution in [0.5, 0.6) is 11.5 Å². The van der Waals surface area contributed by atoms with E-state index in [0.29, 0.717) is 23.7 Å². The molecule has 3 N–H and O–H groups in total. The van der Waals surface area contributed by atoms with Crippen molar-refractivity contribution < 1.29 is 24.1 Å². The van der Waals surface area contributed by atoms with Crippen LogP contribution in [-0.2, 0) is 9.53 Å². The number of rotatable bonds is 6. The number of carboxylic acid groups (broad SMARTS) is 1. The molecule has 116 valence electrons. The predicted octanol–water partition coefficient (Wildman–Crippen LogP) is 1.38. The molecule has 6 nitrogen and oxygen atoms in total. The van der Waals surface area contributed by atoms with E-state index in [-0.39, 0.29) is 12.6 Å². The third-order valence-corrected chi connectivity index (χ3v) is 3.54. The van der Waals surface area contributed by atoms with Crippen molar-refractivity contribution in [3.8, 4) is 11.5 Å². The van der Waals surface area contributed by atoms with Crippen LogP contribution in [0.2, 0.25) is 0 Å². The summed E-state index contributed by atoms with van der Waals surface area (Å²) in [7, 11) is 1.53. The van der Waals surface area contributed by atoms with Gasteiger partial charge in [-0.2, -0.15) is 0 Å². The number of nitrogens with two attached hydrogens (primary N) is 1. The summed E-state index contributed by atoms with van der Waals surface area (Å²) in [5, 5.41) is 9.32. The standard InChI is InChI=1S/C15H21NO5/c1-19-13-6-2-5-11(12(8-16)15(17)18)14(13)21-10-4-3-7-20-9-10/h2,5-6,10,12H,3-4,7-9,16H2,1H3,(H,17,18). The molecule has 1 heterocycles. The molecule has 0 saturated carbocycles. The molecule has 1 saturated heterocycles. The highest BCUT2D eigenvalue weighted by Gasteiger charge is 2.26. The van der Waals surface area contributed by atoms with Gasteiger partial charge in [0.25, 0.3) is 0 Å². The van der Waals surface area contributed by atoms with Crippen molar-refractivity contribution in [2.24, 2.45) is 5.73 Å². The molecular formula is C15H21NO5. The Kier molecular flexibility index (Phi) is 5.41. The maximum atomic E-state index is 11.4. The van der Waals surface area contributed by atoms with Gasteiger partial charge in [0.15, 0.2) is 11.5 Å². The molecule has 0 amide bonds. The van der Waals surface area contributed by atoms with E-state index >= 15 is 0 Å². The summed E-state index contributed by atoms with van der Waals surface area (Å²) >= 11 is 0. The Morgan fingerprint density at radius 3 is 2.95 bits per heavy atom. The van der Waals surface area contributed by atoms with Crippen molar-refractivity contribution in [2.75, 3.05) is 26.9 Å². The molecule has 2 atom stereocenters. The van der Waals surface area contributed by atoms with Gasteiger partial charge in [0.2, 0.25) is 0 Å². The second-order valence-electron chi connectivity index (χ2n) is 4.96. The smallest absolute Gasteiger partial charge is 0.312 e. The van der Waals surface area contributed by atoms with Crippen molar-refractivity contribution in [3.63, 3.8) is 0 Å². The van der Waals surface area contributed by atoms with Crippen molar-refractivity contribution in [2.45, 2.75) is 24.9 Å². The van der Waals surface area contributed by atoms with Crippen LogP contribution in [0.3, 0.4) is 0 Å². The first kappa shape index (κ1) is 15.6. The van der Waals surface area contributed by atoms with Crippen LogP contribution < -0.4 is 15.2 Å². The van der Waals surface area contributed by atoms with Crippen molar-refractivity contribution in [1.29, 1.82) is 0 Å². The van der Waals surface area contributed by atoms with Crippen LogP contribution in [0, 0.1) is 0 Å². The Hall–Kier alpha value is -1.79. The van der Waals surface area contributed by atoms with Gasteiger partial charge >= 0.3 is 5.97 Å². The summed E-state index contributed by atoms with van der Waals surface area (Å²) in [5.74, 6) is -0.832. The molecule has 6 heteroatoms. The molecular weight excluding hydrogens is 274 g/mol. The van der Waals surface area contributed by atoms with E-state index in [4.69, 9.17) is 19.9 Å². The number of benzene rings is 1. The van der Waals surface area contributed by atoms with Gasteiger partial charge in [0.05, 0.1) is 19.6 Å². The molecule has 2 unspecified atom stereocenters. The van der Waals surface area contributed by atoms with Crippen LogP contribution in [0.1, 0.15) is 24.3 Å². The van der Waals surface area contributed by atoms with E-state index in [2.05, 4.69) is 0 Å². The average Bonchev–Trinajstić information content (AvgIpc) is 2.50. The molecule has 1 aliphatic heterocycles. The summed E-state index contributed by atoms with van der Waals surface area (Å²) in [6, 6.07) is 5.20. The van der Waals surface area contributed by atoms with E-state index in [1.807, 2.05) is 0 Å². The van der Waals surface area contributed by atoms with Gasteiger partial charge in [-0.25, -0.2) is 0 Å². The van der Waals surface area contributed by atoms with Gasteiger partial charge in [0.1, 0.15) is 6.10 Å². The Morgan fingerprint density at radius 1 is 1.57 bits per heavy atom. The molecule has 0 radical (unpaired) electrons. The van der Waals surface area contributed by atoms with E-state index in [9.17, 15) is 9.90 Å².